The highest BCUT2D eigenvalue weighted by atomic mass is 16.5. The second-order valence-corrected chi connectivity index (χ2v) is 8.99. The lowest BCUT2D eigenvalue weighted by Crippen LogP contribution is -2.14. The Labute approximate surface area is 224 Å². The zero-order valence-corrected chi connectivity index (χ0v) is 22.6. The molecular formula is C30H40O8. The fourth-order valence-electron chi connectivity index (χ4n) is 3.96. The van der Waals surface area contributed by atoms with E-state index in [0.29, 0.717) is 13.0 Å². The maximum atomic E-state index is 11.6. The minimum absolute atomic E-state index is 0.0161. The molecule has 0 saturated carbocycles. The van der Waals surface area contributed by atoms with Gasteiger partial charge >= 0.3 is 23.9 Å². The topological polar surface area (TPSA) is 138 Å². The summed E-state index contributed by atoms with van der Waals surface area (Å²) in [6, 6.07) is 9.26. The third-order valence-corrected chi connectivity index (χ3v) is 6.04. The lowest BCUT2D eigenvalue weighted by atomic mass is 9.89. The number of hydrogen-bond donors (Lipinski definition) is 3. The normalized spacial score (nSPS) is 10.3. The van der Waals surface area contributed by atoms with Crippen LogP contribution in [0.25, 0.3) is 0 Å². The Kier molecular flexibility index (Phi) is 15.1. The van der Waals surface area contributed by atoms with Crippen molar-refractivity contribution in [3.8, 4) is 0 Å². The minimum atomic E-state index is -1.17. The van der Waals surface area contributed by atoms with Crippen molar-refractivity contribution in [3.63, 3.8) is 0 Å². The highest BCUT2D eigenvalue weighted by Gasteiger charge is 2.22. The Morgan fingerprint density at radius 2 is 1.24 bits per heavy atom. The number of ether oxygens (including phenoxy) is 1. The molecule has 0 aliphatic heterocycles. The third kappa shape index (κ3) is 10.4. The Balaban J connectivity index is 0.000000399. The van der Waals surface area contributed by atoms with Crippen LogP contribution in [0.1, 0.15) is 125 Å². The highest BCUT2D eigenvalue weighted by Crippen LogP contribution is 2.24. The molecule has 8 heteroatoms. The van der Waals surface area contributed by atoms with Crippen LogP contribution in [0.15, 0.2) is 36.4 Å². The molecule has 38 heavy (non-hydrogen) atoms. The second kappa shape index (κ2) is 17.7. The number of esters is 1. The van der Waals surface area contributed by atoms with Crippen LogP contribution in [0.3, 0.4) is 0 Å². The first-order chi connectivity index (χ1) is 18.2. The Morgan fingerprint density at radius 3 is 1.79 bits per heavy atom. The van der Waals surface area contributed by atoms with Gasteiger partial charge in [0.25, 0.3) is 0 Å². The number of aryl methyl sites for hydroxylation is 1. The number of aromatic carboxylic acids is 3. The largest absolute Gasteiger partial charge is 0.478 e. The van der Waals surface area contributed by atoms with Gasteiger partial charge in [0.05, 0.1) is 28.9 Å². The van der Waals surface area contributed by atoms with Crippen LogP contribution >= 0.6 is 0 Å². The van der Waals surface area contributed by atoms with Crippen LogP contribution < -0.4 is 0 Å². The molecule has 0 radical (unpaired) electrons. The number of carbonyl (C=O) groups is 4. The molecule has 0 aromatic heterocycles. The van der Waals surface area contributed by atoms with Gasteiger partial charge in [0.15, 0.2) is 0 Å². The Morgan fingerprint density at radius 1 is 0.632 bits per heavy atom. The molecule has 0 atom stereocenters. The van der Waals surface area contributed by atoms with E-state index in [1.807, 2.05) is 6.92 Å². The third-order valence-electron chi connectivity index (χ3n) is 6.04. The number of carbonyl (C=O) groups excluding carboxylic acids is 1. The summed E-state index contributed by atoms with van der Waals surface area (Å²) in [5.74, 6) is -4.01. The summed E-state index contributed by atoms with van der Waals surface area (Å²) in [5.41, 5.74) is 1.67. The fraction of sp³-hybridized carbons (Fsp3) is 0.467. The Hall–Kier alpha value is -3.68. The van der Waals surface area contributed by atoms with Crippen LogP contribution in [0, 0.1) is 0 Å². The molecule has 0 heterocycles. The van der Waals surface area contributed by atoms with Crippen molar-refractivity contribution < 1.29 is 39.2 Å². The summed E-state index contributed by atoms with van der Waals surface area (Å²) in [5, 5.41) is 27.6. The zero-order valence-electron chi connectivity index (χ0n) is 22.6. The molecule has 0 fully saturated rings. The standard InChI is InChI=1S/C18H26O4.C12H14O4/c1-3-5-7-8-10-14-13(9-6-4-2)11-12-15(17(19)20)16(14)18(21)22;1-2-3-8-16-12(15)10-7-5-4-6-9(10)11(13)14/h11-12H,3-10H2,1-2H3,(H,19,20)(H,21,22);4-7H,2-3,8H2,1H3,(H,13,14). The molecule has 0 bridgehead atoms. The van der Waals surface area contributed by atoms with Crippen LogP contribution in [-0.4, -0.2) is 45.8 Å². The molecule has 0 aliphatic carbocycles. The van der Waals surface area contributed by atoms with E-state index in [1.54, 1.807) is 18.2 Å². The van der Waals surface area contributed by atoms with Gasteiger partial charge < -0.3 is 20.1 Å². The molecule has 2 rings (SSSR count). The molecule has 0 unspecified atom stereocenters. The van der Waals surface area contributed by atoms with Crippen molar-refractivity contribution in [2.45, 2.75) is 85.0 Å². The van der Waals surface area contributed by atoms with E-state index in [2.05, 4.69) is 13.8 Å². The number of benzene rings is 2. The van der Waals surface area contributed by atoms with Crippen molar-refractivity contribution in [1.29, 1.82) is 0 Å². The molecule has 2 aromatic rings. The van der Waals surface area contributed by atoms with Gasteiger partial charge in [-0.2, -0.15) is 0 Å². The fourth-order valence-corrected chi connectivity index (χ4v) is 3.96. The number of carboxylic acids is 3. The quantitative estimate of drug-likeness (QED) is 0.168. The zero-order chi connectivity index (χ0) is 28.5. The van der Waals surface area contributed by atoms with Crippen LogP contribution in [0.4, 0.5) is 0 Å². The number of hydrogen-bond acceptors (Lipinski definition) is 5. The summed E-state index contributed by atoms with van der Waals surface area (Å²) in [6.45, 7) is 6.52. The van der Waals surface area contributed by atoms with E-state index in [0.717, 1.165) is 68.9 Å². The summed E-state index contributed by atoms with van der Waals surface area (Å²) in [6.07, 6.45) is 9.33. The van der Waals surface area contributed by atoms with Gasteiger partial charge in [-0.05, 0) is 61.4 Å². The van der Waals surface area contributed by atoms with Gasteiger partial charge in [0.1, 0.15) is 0 Å². The first-order valence-corrected chi connectivity index (χ1v) is 13.3. The maximum Gasteiger partial charge on any atom is 0.339 e. The van der Waals surface area contributed by atoms with E-state index in [4.69, 9.17) is 9.84 Å². The van der Waals surface area contributed by atoms with Crippen LogP contribution in [-0.2, 0) is 17.6 Å². The van der Waals surface area contributed by atoms with Gasteiger partial charge in [-0.1, -0.05) is 71.1 Å². The first-order valence-electron chi connectivity index (χ1n) is 13.3. The first kappa shape index (κ1) is 32.3. The Bertz CT molecular complexity index is 1070. The number of carboxylic acid groups (broad SMARTS) is 3. The van der Waals surface area contributed by atoms with Crippen LogP contribution in [0.5, 0.6) is 0 Å². The van der Waals surface area contributed by atoms with Crippen molar-refractivity contribution in [1.82, 2.24) is 0 Å². The smallest absolute Gasteiger partial charge is 0.339 e. The minimum Gasteiger partial charge on any atom is -0.478 e. The highest BCUT2D eigenvalue weighted by molar-refractivity contribution is 6.03. The van der Waals surface area contributed by atoms with Crippen molar-refractivity contribution in [2.24, 2.45) is 0 Å². The molecule has 0 aliphatic rings. The molecule has 0 amide bonds. The van der Waals surface area contributed by atoms with Gasteiger partial charge in [0, 0.05) is 0 Å². The van der Waals surface area contributed by atoms with E-state index >= 15 is 0 Å². The van der Waals surface area contributed by atoms with E-state index in [1.165, 1.54) is 18.2 Å². The summed E-state index contributed by atoms with van der Waals surface area (Å²) in [7, 11) is 0. The number of rotatable bonds is 15. The number of unbranched alkanes of at least 4 members (excludes halogenated alkanes) is 5. The lowest BCUT2D eigenvalue weighted by molar-refractivity contribution is 0.0489. The molecule has 3 N–H and O–H groups in total. The SMILES string of the molecule is CCCCCCc1c(CCCC)ccc(C(=O)O)c1C(=O)O.CCCCOC(=O)c1ccccc1C(=O)O. The molecule has 0 saturated heterocycles. The molecule has 2 aromatic carbocycles. The average molecular weight is 529 g/mol. The summed E-state index contributed by atoms with van der Waals surface area (Å²) < 4.78 is 4.96. The van der Waals surface area contributed by atoms with E-state index < -0.39 is 23.9 Å². The van der Waals surface area contributed by atoms with Crippen molar-refractivity contribution in [3.05, 3.63) is 69.8 Å². The second-order valence-electron chi connectivity index (χ2n) is 8.99. The monoisotopic (exact) mass is 528 g/mol. The van der Waals surface area contributed by atoms with Gasteiger partial charge in [0.2, 0.25) is 0 Å². The molecule has 8 nitrogen and oxygen atoms in total. The van der Waals surface area contributed by atoms with E-state index in [-0.39, 0.29) is 22.3 Å². The van der Waals surface area contributed by atoms with Gasteiger partial charge in [-0.25, -0.2) is 19.2 Å². The van der Waals surface area contributed by atoms with Crippen LogP contribution in [0.2, 0.25) is 0 Å². The molecule has 0 spiro atoms. The van der Waals surface area contributed by atoms with Crippen molar-refractivity contribution >= 4 is 23.9 Å². The maximum absolute atomic E-state index is 11.6. The van der Waals surface area contributed by atoms with Gasteiger partial charge in [-0.15, -0.1) is 0 Å². The van der Waals surface area contributed by atoms with Gasteiger partial charge in [-0.3, -0.25) is 0 Å². The lowest BCUT2D eigenvalue weighted by Gasteiger charge is -2.15. The summed E-state index contributed by atoms with van der Waals surface area (Å²) >= 11 is 0. The van der Waals surface area contributed by atoms with Crippen molar-refractivity contribution in [2.75, 3.05) is 6.61 Å². The van der Waals surface area contributed by atoms with E-state index in [9.17, 15) is 29.4 Å². The summed E-state index contributed by atoms with van der Waals surface area (Å²) in [4.78, 5) is 45.3. The predicted octanol–water partition coefficient (Wildman–Crippen LogP) is 6.89. The predicted molar refractivity (Wildman–Crippen MR) is 145 cm³/mol. The molecule has 208 valence electrons. The average Bonchev–Trinajstić information content (AvgIpc) is 2.90. The molecular weight excluding hydrogens is 488 g/mol.